The molecule has 1 aliphatic rings. The molecule has 0 fully saturated rings. The predicted octanol–water partition coefficient (Wildman–Crippen LogP) is 3.45. The molecule has 0 radical (unpaired) electrons. The first-order valence-corrected chi connectivity index (χ1v) is 5.69. The molecule has 1 aromatic rings. The Morgan fingerprint density at radius 3 is 2.73 bits per heavy atom. The average Bonchev–Trinajstić information content (AvgIpc) is 2.67. The molecule has 2 rings (SSSR count). The molecule has 0 atom stereocenters. The zero-order chi connectivity index (χ0) is 10.7. The van der Waals surface area contributed by atoms with Crippen LogP contribution in [-0.2, 0) is 6.54 Å². The third kappa shape index (κ3) is 2.36. The van der Waals surface area contributed by atoms with Crippen molar-refractivity contribution in [1.29, 1.82) is 0 Å². The molecule has 1 heterocycles. The Kier molecular flexibility index (Phi) is 3.02. The molecule has 0 saturated heterocycles. The van der Waals surface area contributed by atoms with Crippen molar-refractivity contribution in [3.05, 3.63) is 58.3 Å². The molecule has 3 heteroatoms. The highest BCUT2D eigenvalue weighted by molar-refractivity contribution is 8.06. The first-order chi connectivity index (χ1) is 7.27. The van der Waals surface area contributed by atoms with Crippen LogP contribution in [0.5, 0.6) is 0 Å². The maximum absolute atomic E-state index is 9.48. The van der Waals surface area contributed by atoms with Crippen molar-refractivity contribution >= 4 is 11.8 Å². The molecule has 0 saturated carbocycles. The summed E-state index contributed by atoms with van der Waals surface area (Å²) < 4.78 is 0. The van der Waals surface area contributed by atoms with Crippen LogP contribution in [0.15, 0.2) is 52.7 Å². The lowest BCUT2D eigenvalue weighted by Gasteiger charge is -2.17. The summed E-state index contributed by atoms with van der Waals surface area (Å²) >= 11 is 1.55. The molecule has 0 bridgehead atoms. The average molecular weight is 219 g/mol. The van der Waals surface area contributed by atoms with Gasteiger partial charge >= 0.3 is 0 Å². The fourth-order valence-electron chi connectivity index (χ4n) is 1.50. The van der Waals surface area contributed by atoms with E-state index >= 15 is 0 Å². The van der Waals surface area contributed by atoms with Crippen LogP contribution in [0.1, 0.15) is 12.5 Å². The summed E-state index contributed by atoms with van der Waals surface area (Å²) in [5, 5.41) is 12.4. The van der Waals surface area contributed by atoms with Crippen LogP contribution >= 0.6 is 11.8 Å². The third-order valence-corrected chi connectivity index (χ3v) is 3.20. The van der Waals surface area contributed by atoms with Gasteiger partial charge in [-0.25, -0.2) is 0 Å². The van der Waals surface area contributed by atoms with Crippen LogP contribution in [0.3, 0.4) is 0 Å². The number of aliphatic hydroxyl groups excluding tert-OH is 1. The molecule has 0 aromatic heterocycles. The van der Waals surface area contributed by atoms with Gasteiger partial charge in [0.25, 0.3) is 0 Å². The maximum atomic E-state index is 9.48. The van der Waals surface area contributed by atoms with Crippen molar-refractivity contribution < 1.29 is 5.11 Å². The zero-order valence-electron chi connectivity index (χ0n) is 8.55. The zero-order valence-corrected chi connectivity index (χ0v) is 9.37. The van der Waals surface area contributed by atoms with Gasteiger partial charge in [0.2, 0.25) is 0 Å². The number of benzene rings is 1. The summed E-state index contributed by atoms with van der Waals surface area (Å²) in [6.07, 6.45) is 1.99. The maximum Gasteiger partial charge on any atom is 0.120 e. The first kappa shape index (κ1) is 10.2. The number of aliphatic hydroxyl groups is 1. The second-order valence-corrected chi connectivity index (χ2v) is 4.30. The number of thioether (sulfide) groups is 1. The van der Waals surface area contributed by atoms with Gasteiger partial charge < -0.3 is 10.0 Å². The monoisotopic (exact) mass is 219 g/mol. The highest BCUT2D eigenvalue weighted by atomic mass is 32.2. The van der Waals surface area contributed by atoms with Gasteiger partial charge in [-0.05, 0) is 17.9 Å². The quantitative estimate of drug-likeness (QED) is 0.771. The van der Waals surface area contributed by atoms with E-state index in [1.165, 1.54) is 5.56 Å². The first-order valence-electron chi connectivity index (χ1n) is 4.81. The van der Waals surface area contributed by atoms with Gasteiger partial charge in [0.1, 0.15) is 10.8 Å². The summed E-state index contributed by atoms with van der Waals surface area (Å²) in [5.74, 6) is 0.376. The van der Waals surface area contributed by atoms with E-state index in [4.69, 9.17) is 0 Å². The van der Waals surface area contributed by atoms with Crippen LogP contribution in [0.2, 0.25) is 0 Å². The number of nitrogens with zero attached hydrogens (tertiary/aromatic N) is 1. The van der Waals surface area contributed by atoms with Crippen LogP contribution in [0.25, 0.3) is 0 Å². The molecule has 0 unspecified atom stereocenters. The highest BCUT2D eigenvalue weighted by Gasteiger charge is 2.15. The largest absolute Gasteiger partial charge is 0.510 e. The van der Waals surface area contributed by atoms with Gasteiger partial charge in [-0.1, -0.05) is 42.1 Å². The molecular formula is C12H13NOS. The topological polar surface area (TPSA) is 23.5 Å². The van der Waals surface area contributed by atoms with Crippen molar-refractivity contribution in [3.8, 4) is 0 Å². The summed E-state index contributed by atoms with van der Waals surface area (Å²) in [6.45, 7) is 2.52. The van der Waals surface area contributed by atoms with E-state index in [1.807, 2.05) is 29.8 Å². The second kappa shape index (κ2) is 4.45. The number of allylic oxidation sites excluding steroid dienone is 1. The molecule has 2 nitrogen and oxygen atoms in total. The van der Waals surface area contributed by atoms with E-state index in [2.05, 4.69) is 17.0 Å². The van der Waals surface area contributed by atoms with Crippen molar-refractivity contribution in [1.82, 2.24) is 4.90 Å². The Labute approximate surface area is 93.9 Å². The van der Waals surface area contributed by atoms with E-state index < -0.39 is 0 Å². The minimum absolute atomic E-state index is 0.376. The molecule has 78 valence electrons. The minimum atomic E-state index is 0.376. The lowest BCUT2D eigenvalue weighted by atomic mass is 10.2. The summed E-state index contributed by atoms with van der Waals surface area (Å²) in [4.78, 5) is 2.05. The fraction of sp³-hybridized carbons (Fsp3) is 0.167. The SMILES string of the molecule is C/C(O)=C1\SC=CN1Cc1ccccc1. The lowest BCUT2D eigenvalue weighted by molar-refractivity contribution is 0.379. The number of rotatable bonds is 2. The van der Waals surface area contributed by atoms with Gasteiger partial charge in [0, 0.05) is 12.7 Å². The van der Waals surface area contributed by atoms with Gasteiger partial charge in [-0.2, -0.15) is 0 Å². The molecule has 0 aliphatic carbocycles. The molecule has 1 N–H and O–H groups in total. The molecule has 1 aromatic carbocycles. The second-order valence-electron chi connectivity index (χ2n) is 3.41. The molecule has 1 aliphatic heterocycles. The van der Waals surface area contributed by atoms with E-state index in [-0.39, 0.29) is 0 Å². The molecule has 0 spiro atoms. The molecule has 0 amide bonds. The van der Waals surface area contributed by atoms with Gasteiger partial charge in [0.15, 0.2) is 0 Å². The summed E-state index contributed by atoms with van der Waals surface area (Å²) in [6, 6.07) is 10.2. The van der Waals surface area contributed by atoms with Crippen LogP contribution in [0.4, 0.5) is 0 Å². The number of hydrogen-bond acceptors (Lipinski definition) is 3. The Balaban J connectivity index is 2.13. The third-order valence-electron chi connectivity index (χ3n) is 2.19. The van der Waals surface area contributed by atoms with Crippen molar-refractivity contribution in [2.45, 2.75) is 13.5 Å². The number of hydrogen-bond donors (Lipinski definition) is 1. The van der Waals surface area contributed by atoms with Crippen molar-refractivity contribution in [3.63, 3.8) is 0 Å². The van der Waals surface area contributed by atoms with Crippen molar-refractivity contribution in [2.75, 3.05) is 0 Å². The molecular weight excluding hydrogens is 206 g/mol. The smallest absolute Gasteiger partial charge is 0.120 e. The normalized spacial score (nSPS) is 18.3. The van der Waals surface area contributed by atoms with Crippen LogP contribution < -0.4 is 0 Å². The summed E-state index contributed by atoms with van der Waals surface area (Å²) in [7, 11) is 0. The van der Waals surface area contributed by atoms with Crippen molar-refractivity contribution in [2.24, 2.45) is 0 Å². The van der Waals surface area contributed by atoms with E-state index in [0.717, 1.165) is 11.6 Å². The van der Waals surface area contributed by atoms with Crippen LogP contribution in [0, 0.1) is 0 Å². The van der Waals surface area contributed by atoms with Crippen LogP contribution in [-0.4, -0.2) is 10.0 Å². The Morgan fingerprint density at radius 2 is 2.07 bits per heavy atom. The molecule has 15 heavy (non-hydrogen) atoms. The fourth-order valence-corrected chi connectivity index (χ4v) is 2.27. The predicted molar refractivity (Wildman–Crippen MR) is 64.0 cm³/mol. The van der Waals surface area contributed by atoms with Gasteiger partial charge in [0.05, 0.1) is 0 Å². The van der Waals surface area contributed by atoms with Gasteiger partial charge in [-0.3, -0.25) is 0 Å². The standard InChI is InChI=1S/C12H13NOS/c1-10(14)12-13(7-8-15-12)9-11-5-3-2-4-6-11/h2-8,14H,9H2,1H3/b12-10+. The Morgan fingerprint density at radius 1 is 1.33 bits per heavy atom. The van der Waals surface area contributed by atoms with E-state index in [9.17, 15) is 5.11 Å². The van der Waals surface area contributed by atoms with E-state index in [0.29, 0.717) is 5.76 Å². The van der Waals surface area contributed by atoms with E-state index in [1.54, 1.807) is 18.7 Å². The lowest BCUT2D eigenvalue weighted by Crippen LogP contribution is -2.12. The van der Waals surface area contributed by atoms with Gasteiger partial charge in [-0.15, -0.1) is 0 Å². The minimum Gasteiger partial charge on any atom is -0.510 e. The Hall–Kier alpha value is -1.35. The Bertz CT molecular complexity index is 393. The summed E-state index contributed by atoms with van der Waals surface area (Å²) in [5.41, 5.74) is 1.24. The highest BCUT2D eigenvalue weighted by Crippen LogP contribution is 2.32.